The van der Waals surface area contributed by atoms with Crippen molar-refractivity contribution >= 4 is 17.9 Å². The molecular weight excluding hydrogens is 420 g/mol. The zero-order valence-corrected chi connectivity index (χ0v) is 18.9. The number of rotatable bonds is 8. The van der Waals surface area contributed by atoms with Gasteiger partial charge in [-0.15, -0.1) is 0 Å². The van der Waals surface area contributed by atoms with Crippen molar-refractivity contribution in [3.63, 3.8) is 0 Å². The molecule has 0 aromatic heterocycles. The molecule has 0 amide bonds. The molecule has 0 saturated carbocycles. The van der Waals surface area contributed by atoms with Gasteiger partial charge < -0.3 is 14.2 Å². The van der Waals surface area contributed by atoms with E-state index in [0.717, 1.165) is 16.7 Å². The van der Waals surface area contributed by atoms with E-state index in [4.69, 9.17) is 14.2 Å². The summed E-state index contributed by atoms with van der Waals surface area (Å²) in [6, 6.07) is 20.7. The van der Waals surface area contributed by atoms with Gasteiger partial charge >= 0.3 is 17.9 Å². The number of benzene rings is 3. The average Bonchev–Trinajstić information content (AvgIpc) is 2.81. The Bertz CT molecular complexity index is 1040. The number of aryl methyl sites for hydroxylation is 3. The van der Waals surface area contributed by atoms with Crippen molar-refractivity contribution in [1.82, 2.24) is 0 Å². The molecule has 0 aliphatic carbocycles. The van der Waals surface area contributed by atoms with E-state index in [1.165, 1.54) is 0 Å². The Morgan fingerprint density at radius 3 is 1.18 bits per heavy atom. The average molecular weight is 446 g/mol. The lowest BCUT2D eigenvalue weighted by molar-refractivity contribution is -0.0253. The Labute approximate surface area is 193 Å². The van der Waals surface area contributed by atoms with Gasteiger partial charge in [0.25, 0.3) is 0 Å². The summed E-state index contributed by atoms with van der Waals surface area (Å²) in [6.45, 7) is 5.22. The van der Waals surface area contributed by atoms with Gasteiger partial charge in [0.15, 0.2) is 6.10 Å². The number of hydrogen-bond acceptors (Lipinski definition) is 6. The molecule has 33 heavy (non-hydrogen) atoms. The molecule has 0 radical (unpaired) electrons. The molecule has 0 saturated heterocycles. The molecule has 0 heterocycles. The van der Waals surface area contributed by atoms with Crippen LogP contribution >= 0.6 is 0 Å². The Kier molecular flexibility index (Phi) is 7.97. The summed E-state index contributed by atoms with van der Waals surface area (Å²) >= 11 is 0. The van der Waals surface area contributed by atoms with E-state index in [1.54, 1.807) is 72.8 Å². The van der Waals surface area contributed by atoms with Gasteiger partial charge in [-0.25, -0.2) is 14.4 Å². The Hall–Kier alpha value is -3.93. The maximum Gasteiger partial charge on any atom is 0.338 e. The van der Waals surface area contributed by atoms with E-state index in [2.05, 4.69) is 0 Å². The van der Waals surface area contributed by atoms with Crippen molar-refractivity contribution in [3.05, 3.63) is 106 Å². The minimum atomic E-state index is -0.970. The molecule has 3 rings (SSSR count). The number of carbonyl (C=O) groups excluding carboxylic acids is 3. The number of carbonyl (C=O) groups is 3. The Morgan fingerprint density at radius 1 is 0.545 bits per heavy atom. The minimum Gasteiger partial charge on any atom is -0.458 e. The molecule has 0 atom stereocenters. The van der Waals surface area contributed by atoms with Crippen LogP contribution in [0.1, 0.15) is 47.8 Å². The lowest BCUT2D eigenvalue weighted by Crippen LogP contribution is -2.31. The van der Waals surface area contributed by atoms with E-state index < -0.39 is 24.0 Å². The van der Waals surface area contributed by atoms with Gasteiger partial charge in [0, 0.05) is 0 Å². The van der Waals surface area contributed by atoms with E-state index >= 15 is 0 Å². The summed E-state index contributed by atoms with van der Waals surface area (Å²) in [5, 5.41) is 0. The van der Waals surface area contributed by atoms with Crippen molar-refractivity contribution in [1.29, 1.82) is 0 Å². The van der Waals surface area contributed by atoms with Gasteiger partial charge in [0.1, 0.15) is 13.2 Å². The van der Waals surface area contributed by atoms with Gasteiger partial charge in [-0.05, 0) is 57.2 Å². The second-order valence-corrected chi connectivity index (χ2v) is 7.82. The van der Waals surface area contributed by atoms with Crippen LogP contribution in [0.5, 0.6) is 0 Å². The van der Waals surface area contributed by atoms with Crippen molar-refractivity contribution in [2.45, 2.75) is 26.9 Å². The SMILES string of the molecule is Cc1ccc(C(=O)OCC(COC(=O)c2ccc(C)cc2)OC(=O)c2ccc(C)cc2)cc1. The molecule has 3 aromatic rings. The molecule has 0 spiro atoms. The summed E-state index contributed by atoms with van der Waals surface area (Å²) in [6.07, 6.45) is -0.970. The molecule has 0 bridgehead atoms. The molecule has 0 unspecified atom stereocenters. The van der Waals surface area contributed by atoms with Crippen molar-refractivity contribution in [2.75, 3.05) is 13.2 Å². The van der Waals surface area contributed by atoms with Crippen molar-refractivity contribution in [3.8, 4) is 0 Å². The minimum absolute atomic E-state index is 0.258. The van der Waals surface area contributed by atoms with Crippen molar-refractivity contribution in [2.24, 2.45) is 0 Å². The largest absolute Gasteiger partial charge is 0.458 e. The van der Waals surface area contributed by atoms with E-state index in [1.807, 2.05) is 20.8 Å². The third-order valence-electron chi connectivity index (χ3n) is 4.94. The highest BCUT2D eigenvalue weighted by atomic mass is 16.6. The smallest absolute Gasteiger partial charge is 0.338 e. The second kappa shape index (κ2) is 11.1. The maximum atomic E-state index is 12.6. The number of esters is 3. The molecule has 0 fully saturated rings. The predicted molar refractivity (Wildman–Crippen MR) is 123 cm³/mol. The van der Waals surface area contributed by atoms with Crippen LogP contribution in [-0.4, -0.2) is 37.2 Å². The van der Waals surface area contributed by atoms with Crippen LogP contribution in [0.15, 0.2) is 72.8 Å². The standard InChI is InChI=1S/C27H26O6/c1-18-4-10-21(11-5-18)25(28)31-16-24(33-27(30)23-14-8-20(3)9-15-23)17-32-26(29)22-12-6-19(2)7-13-22/h4-15,24H,16-17H2,1-3H3. The van der Waals surface area contributed by atoms with E-state index in [9.17, 15) is 14.4 Å². The fourth-order valence-electron chi connectivity index (χ4n) is 2.91. The first-order valence-electron chi connectivity index (χ1n) is 10.6. The van der Waals surface area contributed by atoms with Gasteiger partial charge in [-0.3, -0.25) is 0 Å². The van der Waals surface area contributed by atoms with Crippen LogP contribution in [-0.2, 0) is 14.2 Å². The normalized spacial score (nSPS) is 10.5. The summed E-state index contributed by atoms with van der Waals surface area (Å²) in [5.74, 6) is -1.72. The molecule has 6 heteroatoms. The highest BCUT2D eigenvalue weighted by Gasteiger charge is 2.21. The van der Waals surface area contributed by atoms with Crippen LogP contribution in [0.25, 0.3) is 0 Å². The quantitative estimate of drug-likeness (QED) is 0.364. The maximum absolute atomic E-state index is 12.6. The van der Waals surface area contributed by atoms with Crippen LogP contribution < -0.4 is 0 Å². The van der Waals surface area contributed by atoms with Crippen molar-refractivity contribution < 1.29 is 28.6 Å². The number of hydrogen-bond donors (Lipinski definition) is 0. The molecule has 170 valence electrons. The monoisotopic (exact) mass is 446 g/mol. The number of ether oxygens (including phenoxy) is 3. The zero-order chi connectivity index (χ0) is 23.8. The first-order chi connectivity index (χ1) is 15.8. The third kappa shape index (κ3) is 7.04. The van der Waals surface area contributed by atoms with Gasteiger partial charge in [0.2, 0.25) is 0 Å². The van der Waals surface area contributed by atoms with Crippen LogP contribution in [0.3, 0.4) is 0 Å². The highest BCUT2D eigenvalue weighted by molar-refractivity contribution is 5.91. The molecule has 0 aliphatic heterocycles. The van der Waals surface area contributed by atoms with E-state index in [-0.39, 0.29) is 13.2 Å². The summed E-state index contributed by atoms with van der Waals surface area (Å²) in [4.78, 5) is 37.3. The fraction of sp³-hybridized carbons (Fsp3) is 0.222. The Balaban J connectivity index is 1.66. The second-order valence-electron chi connectivity index (χ2n) is 7.82. The summed E-state index contributed by atoms with van der Waals surface area (Å²) in [5.41, 5.74) is 4.13. The molecule has 6 nitrogen and oxygen atoms in total. The highest BCUT2D eigenvalue weighted by Crippen LogP contribution is 2.11. The molecule has 0 N–H and O–H groups in total. The van der Waals surface area contributed by atoms with E-state index in [0.29, 0.717) is 16.7 Å². The molecular formula is C27H26O6. The van der Waals surface area contributed by atoms with Crippen LogP contribution in [0.2, 0.25) is 0 Å². The first-order valence-corrected chi connectivity index (χ1v) is 10.6. The van der Waals surface area contributed by atoms with Gasteiger partial charge in [0.05, 0.1) is 16.7 Å². The summed E-state index contributed by atoms with van der Waals surface area (Å²) in [7, 11) is 0. The van der Waals surface area contributed by atoms with Crippen LogP contribution in [0, 0.1) is 20.8 Å². The lowest BCUT2D eigenvalue weighted by atomic mass is 10.1. The predicted octanol–water partition coefficient (Wildman–Crippen LogP) is 4.85. The van der Waals surface area contributed by atoms with Crippen LogP contribution in [0.4, 0.5) is 0 Å². The van der Waals surface area contributed by atoms with Gasteiger partial charge in [-0.2, -0.15) is 0 Å². The molecule has 0 aliphatic rings. The summed E-state index contributed by atoms with van der Waals surface area (Å²) < 4.78 is 16.2. The Morgan fingerprint density at radius 2 is 0.848 bits per heavy atom. The topological polar surface area (TPSA) is 78.9 Å². The fourth-order valence-corrected chi connectivity index (χ4v) is 2.91. The van der Waals surface area contributed by atoms with Gasteiger partial charge in [-0.1, -0.05) is 53.1 Å². The lowest BCUT2D eigenvalue weighted by Gasteiger charge is -2.18. The third-order valence-corrected chi connectivity index (χ3v) is 4.94. The zero-order valence-electron chi connectivity index (χ0n) is 18.9. The molecule has 3 aromatic carbocycles. The first kappa shape index (κ1) is 23.7.